The molecule has 3 heterocycles. The number of piperidine rings is 1. The predicted molar refractivity (Wildman–Crippen MR) is 123 cm³/mol. The molecule has 7 nitrogen and oxygen atoms in total. The highest BCUT2D eigenvalue weighted by Gasteiger charge is 2.25. The van der Waals surface area contributed by atoms with Crippen LogP contribution in [0.4, 0.5) is 10.5 Å². The summed E-state index contributed by atoms with van der Waals surface area (Å²) >= 11 is 3.95. The minimum Gasteiger partial charge on any atom is -0.349 e. The maximum atomic E-state index is 12.7. The Morgan fingerprint density at radius 2 is 1.93 bits per heavy atom. The summed E-state index contributed by atoms with van der Waals surface area (Å²) in [5.74, 6) is 2.28. The average Bonchev–Trinajstić information content (AvgIpc) is 3.21. The highest BCUT2D eigenvalue weighted by atomic mass is 32.2. The quantitative estimate of drug-likeness (QED) is 0.750. The molecule has 2 aliphatic rings. The van der Waals surface area contributed by atoms with Crippen LogP contribution in [0, 0.1) is 0 Å². The number of rotatable bonds is 4. The van der Waals surface area contributed by atoms with Crippen molar-refractivity contribution in [2.75, 3.05) is 29.9 Å². The van der Waals surface area contributed by atoms with Crippen LogP contribution >= 0.6 is 23.5 Å². The van der Waals surface area contributed by atoms with Gasteiger partial charge in [0.1, 0.15) is 0 Å². The molecule has 2 aromatic rings. The lowest BCUT2D eigenvalue weighted by molar-refractivity contribution is 0.0919. The van der Waals surface area contributed by atoms with E-state index < -0.39 is 0 Å². The largest absolute Gasteiger partial charge is 0.349 e. The number of carbonyl (C=O) groups is 2. The smallest absolute Gasteiger partial charge is 0.321 e. The van der Waals surface area contributed by atoms with Crippen molar-refractivity contribution in [3.63, 3.8) is 0 Å². The monoisotopic (exact) mass is 445 g/mol. The fourth-order valence-electron chi connectivity index (χ4n) is 3.68. The normalized spacial score (nSPS) is 18.2. The third-order valence-corrected chi connectivity index (χ3v) is 8.34. The zero-order valence-electron chi connectivity index (χ0n) is 17.0. The van der Waals surface area contributed by atoms with Crippen molar-refractivity contribution >= 4 is 41.1 Å². The number of anilines is 1. The molecule has 160 valence electrons. The molecule has 0 unspecified atom stereocenters. The summed E-state index contributed by atoms with van der Waals surface area (Å²) in [4.78, 5) is 26.8. The Morgan fingerprint density at radius 1 is 1.17 bits per heavy atom. The van der Waals surface area contributed by atoms with Gasteiger partial charge in [0.15, 0.2) is 0 Å². The van der Waals surface area contributed by atoms with Crippen LogP contribution in [0.5, 0.6) is 0 Å². The van der Waals surface area contributed by atoms with Crippen molar-refractivity contribution in [3.8, 4) is 0 Å². The van der Waals surface area contributed by atoms with Crippen LogP contribution in [0.3, 0.4) is 0 Å². The lowest BCUT2D eigenvalue weighted by Crippen LogP contribution is -2.47. The van der Waals surface area contributed by atoms with Crippen LogP contribution in [-0.2, 0) is 7.05 Å². The van der Waals surface area contributed by atoms with Gasteiger partial charge in [-0.2, -0.15) is 5.10 Å². The molecule has 0 saturated carbocycles. The van der Waals surface area contributed by atoms with Crippen molar-refractivity contribution in [1.29, 1.82) is 0 Å². The van der Waals surface area contributed by atoms with Gasteiger partial charge in [0.25, 0.3) is 5.91 Å². The van der Waals surface area contributed by atoms with E-state index in [-0.39, 0.29) is 18.0 Å². The fraction of sp³-hybridized carbons (Fsp3) is 0.476. The summed E-state index contributed by atoms with van der Waals surface area (Å²) in [6.07, 6.45) is 6.03. The molecule has 1 aromatic carbocycles. The van der Waals surface area contributed by atoms with Crippen molar-refractivity contribution in [2.45, 2.75) is 29.9 Å². The first-order chi connectivity index (χ1) is 14.6. The van der Waals surface area contributed by atoms with E-state index >= 15 is 0 Å². The second kappa shape index (κ2) is 9.78. The number of thioether (sulfide) groups is 2. The molecule has 2 fully saturated rings. The van der Waals surface area contributed by atoms with Crippen molar-refractivity contribution in [2.24, 2.45) is 7.05 Å². The molecule has 2 saturated heterocycles. The van der Waals surface area contributed by atoms with Crippen LogP contribution in [-0.4, -0.2) is 57.3 Å². The second-order valence-electron chi connectivity index (χ2n) is 7.62. The number of nitrogens with zero attached hydrogens (tertiary/aromatic N) is 3. The number of nitrogens with one attached hydrogen (secondary N) is 2. The Labute approximate surface area is 185 Å². The number of hydrogen-bond donors (Lipinski definition) is 2. The summed E-state index contributed by atoms with van der Waals surface area (Å²) in [7, 11) is 1.79. The van der Waals surface area contributed by atoms with Gasteiger partial charge in [-0.15, -0.1) is 23.5 Å². The van der Waals surface area contributed by atoms with Crippen molar-refractivity contribution in [3.05, 3.63) is 47.8 Å². The fourth-order valence-corrected chi connectivity index (χ4v) is 6.55. The molecule has 4 rings (SSSR count). The van der Waals surface area contributed by atoms with Gasteiger partial charge < -0.3 is 15.5 Å². The molecular formula is C21H27N5O2S2. The highest BCUT2D eigenvalue weighted by Crippen LogP contribution is 2.44. The number of carbonyl (C=O) groups excluding carboxylic acids is 2. The molecule has 2 N–H and O–H groups in total. The summed E-state index contributed by atoms with van der Waals surface area (Å²) < 4.78 is 2.07. The van der Waals surface area contributed by atoms with Crippen LogP contribution in [0.25, 0.3) is 0 Å². The summed E-state index contributed by atoms with van der Waals surface area (Å²) in [5.41, 5.74) is 2.67. The SMILES string of the molecule is Cn1cc(C(=O)NC2CCN(C(=O)Nc3cccc(C4SCCCS4)c3)CC2)cn1. The van der Waals surface area contributed by atoms with Gasteiger partial charge >= 0.3 is 6.03 Å². The molecule has 2 aliphatic heterocycles. The number of hydrogen-bond acceptors (Lipinski definition) is 5. The second-order valence-corrected chi connectivity index (χ2v) is 10.3. The van der Waals surface area contributed by atoms with E-state index in [1.165, 1.54) is 23.5 Å². The van der Waals surface area contributed by atoms with Crippen LogP contribution in [0.2, 0.25) is 0 Å². The number of aromatic nitrogens is 2. The van der Waals surface area contributed by atoms with E-state index in [9.17, 15) is 9.59 Å². The number of benzene rings is 1. The number of urea groups is 1. The number of aryl methyl sites for hydroxylation is 1. The van der Waals surface area contributed by atoms with Gasteiger partial charge in [0.05, 0.1) is 16.3 Å². The zero-order chi connectivity index (χ0) is 20.9. The van der Waals surface area contributed by atoms with E-state index in [0.29, 0.717) is 23.2 Å². The molecule has 3 amide bonds. The molecule has 0 atom stereocenters. The summed E-state index contributed by atoms with van der Waals surface area (Å²) in [5, 5.41) is 10.1. The van der Waals surface area contributed by atoms with Gasteiger partial charge in [-0.1, -0.05) is 12.1 Å². The van der Waals surface area contributed by atoms with Gasteiger partial charge in [0, 0.05) is 38.1 Å². The average molecular weight is 446 g/mol. The van der Waals surface area contributed by atoms with Crippen molar-refractivity contribution < 1.29 is 9.59 Å². The standard InChI is InChI=1S/C21H27N5O2S2/c1-25-14-16(13-22-25)19(27)23-17-6-8-26(9-7-17)21(28)24-18-5-2-4-15(12-18)20-29-10-3-11-30-20/h2,4-5,12-14,17,20H,3,6-11H2,1H3,(H,23,27)(H,24,28). The minimum absolute atomic E-state index is 0.0745. The van der Waals surface area contributed by atoms with Crippen molar-refractivity contribution in [1.82, 2.24) is 20.0 Å². The summed E-state index contributed by atoms with van der Waals surface area (Å²) in [6.45, 7) is 1.25. The maximum Gasteiger partial charge on any atom is 0.321 e. The molecule has 0 aliphatic carbocycles. The molecule has 0 radical (unpaired) electrons. The Morgan fingerprint density at radius 3 is 2.63 bits per heavy atom. The molecule has 0 spiro atoms. The molecule has 30 heavy (non-hydrogen) atoms. The highest BCUT2D eigenvalue weighted by molar-refractivity contribution is 8.16. The number of amides is 3. The lowest BCUT2D eigenvalue weighted by Gasteiger charge is -2.32. The summed E-state index contributed by atoms with van der Waals surface area (Å²) in [6, 6.07) is 8.19. The Hall–Kier alpha value is -2.13. The first kappa shape index (κ1) is 21.1. The van der Waals surface area contributed by atoms with E-state index in [4.69, 9.17) is 0 Å². The molecule has 9 heteroatoms. The van der Waals surface area contributed by atoms with Gasteiger partial charge in [0.2, 0.25) is 0 Å². The zero-order valence-corrected chi connectivity index (χ0v) is 18.7. The predicted octanol–water partition coefficient (Wildman–Crippen LogP) is 3.72. The van der Waals surface area contributed by atoms with Gasteiger partial charge in [-0.05, 0) is 48.5 Å². The molecular weight excluding hydrogens is 418 g/mol. The third-order valence-electron chi connectivity index (χ3n) is 5.32. The topological polar surface area (TPSA) is 79.3 Å². The lowest BCUT2D eigenvalue weighted by atomic mass is 10.0. The Bertz CT molecular complexity index is 889. The first-order valence-electron chi connectivity index (χ1n) is 10.3. The molecule has 1 aromatic heterocycles. The van der Waals surface area contributed by atoms with Crippen LogP contribution in [0.15, 0.2) is 36.7 Å². The van der Waals surface area contributed by atoms with E-state index in [0.717, 1.165) is 18.5 Å². The first-order valence-corrected chi connectivity index (χ1v) is 12.4. The van der Waals surface area contributed by atoms with Gasteiger partial charge in [-0.3, -0.25) is 9.48 Å². The van der Waals surface area contributed by atoms with E-state index in [1.807, 2.05) is 40.6 Å². The van der Waals surface area contributed by atoms with E-state index in [2.05, 4.69) is 27.9 Å². The Kier molecular flexibility index (Phi) is 6.89. The number of likely N-dealkylation sites (tertiary alicyclic amines) is 1. The van der Waals surface area contributed by atoms with Crippen LogP contribution < -0.4 is 10.6 Å². The maximum absolute atomic E-state index is 12.7. The molecule has 0 bridgehead atoms. The van der Waals surface area contributed by atoms with Gasteiger partial charge in [-0.25, -0.2) is 4.79 Å². The van der Waals surface area contributed by atoms with E-state index in [1.54, 1.807) is 24.1 Å². The van der Waals surface area contributed by atoms with Crippen LogP contribution in [0.1, 0.15) is 39.8 Å². The third kappa shape index (κ3) is 5.31. The Balaban J connectivity index is 1.27. The minimum atomic E-state index is -0.110.